The summed E-state index contributed by atoms with van der Waals surface area (Å²) in [5, 5.41) is 2.71. The molecule has 1 N–H and O–H groups in total. The highest BCUT2D eigenvalue weighted by Gasteiger charge is 2.56. The van der Waals surface area contributed by atoms with Gasteiger partial charge in [0.1, 0.15) is 43.0 Å². The Balaban J connectivity index is 2.70. The Kier molecular flexibility index (Phi) is 15.2. The molecule has 10 atom stereocenters. The number of carbonyl (C=O) groups is 7. The maximum absolute atomic E-state index is 12.4. The van der Waals surface area contributed by atoms with Gasteiger partial charge in [-0.25, -0.2) is 0 Å². The monoisotopic (exact) mass is 679 g/mol. The molecule has 0 aliphatic carbocycles. The highest BCUT2D eigenvalue weighted by Crippen LogP contribution is 2.36. The van der Waals surface area contributed by atoms with Crippen LogP contribution in [0.2, 0.25) is 0 Å². The summed E-state index contributed by atoms with van der Waals surface area (Å²) in [5.74, 6) is -4.68. The molecule has 0 bridgehead atoms. The number of esters is 6. The Morgan fingerprint density at radius 2 is 1.04 bits per heavy atom. The van der Waals surface area contributed by atoms with Crippen LogP contribution in [0, 0.1) is 0 Å². The lowest BCUT2D eigenvalue weighted by atomic mass is 9.95. The van der Waals surface area contributed by atoms with Crippen molar-refractivity contribution in [2.24, 2.45) is 0 Å². The van der Waals surface area contributed by atoms with E-state index in [1.807, 2.05) is 6.92 Å². The number of ether oxygens (including phenoxy) is 9. The predicted molar refractivity (Wildman–Crippen MR) is 153 cm³/mol. The van der Waals surface area contributed by atoms with Gasteiger partial charge in [0.05, 0.1) is 0 Å². The molecular weight excluding hydrogens is 638 g/mol. The predicted octanol–water partition coefficient (Wildman–Crippen LogP) is -0.0678. The van der Waals surface area contributed by atoms with Gasteiger partial charge < -0.3 is 47.9 Å². The van der Waals surface area contributed by atoms with E-state index in [0.29, 0.717) is 5.75 Å². The van der Waals surface area contributed by atoms with Crippen molar-refractivity contribution < 1.29 is 76.2 Å². The van der Waals surface area contributed by atoms with E-state index < -0.39 is 115 Å². The van der Waals surface area contributed by atoms with E-state index in [1.54, 1.807) is 0 Å². The fourth-order valence-corrected chi connectivity index (χ4v) is 5.86. The molecule has 2 aliphatic heterocycles. The number of thioether (sulfide) groups is 1. The molecule has 2 saturated heterocycles. The van der Waals surface area contributed by atoms with Crippen LogP contribution in [0.3, 0.4) is 0 Å². The summed E-state index contributed by atoms with van der Waals surface area (Å²) < 4.78 is 50.9. The van der Waals surface area contributed by atoms with E-state index in [2.05, 4.69) is 5.32 Å². The third-order valence-electron chi connectivity index (χ3n) is 6.34. The number of hydrogen-bond acceptors (Lipinski definition) is 17. The van der Waals surface area contributed by atoms with Crippen molar-refractivity contribution in [2.75, 3.05) is 19.0 Å². The van der Waals surface area contributed by atoms with Crippen LogP contribution in [-0.2, 0) is 76.2 Å². The molecule has 17 nitrogen and oxygen atoms in total. The molecule has 0 aromatic rings. The third-order valence-corrected chi connectivity index (χ3v) is 7.41. The fourth-order valence-electron chi connectivity index (χ4n) is 4.88. The topological polar surface area (TPSA) is 215 Å². The summed E-state index contributed by atoms with van der Waals surface area (Å²) in [6.07, 6.45) is -11.5. The number of nitrogens with one attached hydrogen (secondary N) is 1. The lowest BCUT2D eigenvalue weighted by Crippen LogP contribution is -2.68. The first-order chi connectivity index (χ1) is 21.5. The molecule has 2 heterocycles. The van der Waals surface area contributed by atoms with Crippen LogP contribution in [0.5, 0.6) is 0 Å². The summed E-state index contributed by atoms with van der Waals surface area (Å²) in [5.41, 5.74) is -0.811. The van der Waals surface area contributed by atoms with E-state index in [-0.39, 0.29) is 0 Å². The minimum absolute atomic E-state index is 0.406. The molecule has 2 fully saturated rings. The molecule has 2 rings (SSSR count). The van der Waals surface area contributed by atoms with Crippen LogP contribution in [0.25, 0.3) is 0 Å². The Morgan fingerprint density at radius 3 is 1.50 bits per heavy atom. The fraction of sp³-hybridized carbons (Fsp3) is 0.750. The van der Waals surface area contributed by atoms with E-state index in [1.165, 1.54) is 25.6 Å². The van der Waals surface area contributed by atoms with Crippen LogP contribution in [0.4, 0.5) is 0 Å². The van der Waals surface area contributed by atoms with E-state index >= 15 is 0 Å². The number of amides is 1. The van der Waals surface area contributed by atoms with Crippen molar-refractivity contribution in [3.05, 3.63) is 0 Å². The van der Waals surface area contributed by atoms with Crippen LogP contribution in [0.15, 0.2) is 0 Å². The first kappa shape index (κ1) is 38.7. The molecule has 46 heavy (non-hydrogen) atoms. The second-order valence-corrected chi connectivity index (χ2v) is 11.6. The number of carbonyl (C=O) groups excluding carboxylic acids is 7. The van der Waals surface area contributed by atoms with Gasteiger partial charge >= 0.3 is 35.8 Å². The second-order valence-electron chi connectivity index (χ2n) is 10.3. The van der Waals surface area contributed by atoms with Crippen molar-refractivity contribution in [1.82, 2.24) is 5.32 Å². The summed E-state index contributed by atoms with van der Waals surface area (Å²) in [6, 6.07) is -1.00. The van der Waals surface area contributed by atoms with Crippen molar-refractivity contribution in [2.45, 2.75) is 116 Å². The minimum Gasteiger partial charge on any atom is -0.463 e. The van der Waals surface area contributed by atoms with Crippen LogP contribution >= 0.6 is 11.8 Å². The van der Waals surface area contributed by atoms with Gasteiger partial charge in [0.2, 0.25) is 5.91 Å². The average molecular weight is 680 g/mol. The summed E-state index contributed by atoms with van der Waals surface area (Å²) in [6.45, 7) is 8.78. The second kappa shape index (κ2) is 18.0. The van der Waals surface area contributed by atoms with Crippen molar-refractivity contribution in [1.29, 1.82) is 0 Å². The van der Waals surface area contributed by atoms with E-state index in [0.717, 1.165) is 34.6 Å². The molecule has 0 aromatic heterocycles. The SMILES string of the molecule is CCS[C@@H]1O[C@H](COC(C)=O)[C@@H](O[C@@H]2O[C@H](COC(C)=O)[C@H](OC(C)=O)[C@H](OC(C)=O)[C@H]2OC(C)=O)[C@H](OC(C)=O)[C@H]1NC(C)=O. The van der Waals surface area contributed by atoms with Gasteiger partial charge in [-0.1, -0.05) is 6.92 Å². The summed E-state index contributed by atoms with van der Waals surface area (Å²) in [7, 11) is 0. The molecule has 260 valence electrons. The normalized spacial score (nSPS) is 30.6. The van der Waals surface area contributed by atoms with Gasteiger partial charge in [-0.05, 0) is 5.75 Å². The minimum atomic E-state index is -1.69. The molecule has 0 radical (unpaired) electrons. The van der Waals surface area contributed by atoms with E-state index in [4.69, 9.17) is 42.6 Å². The lowest BCUT2D eigenvalue weighted by Gasteiger charge is -2.49. The van der Waals surface area contributed by atoms with Gasteiger partial charge in [-0.2, -0.15) is 0 Å². The largest absolute Gasteiger partial charge is 0.463 e. The Morgan fingerprint density at radius 1 is 0.587 bits per heavy atom. The van der Waals surface area contributed by atoms with Crippen molar-refractivity contribution in [3.8, 4) is 0 Å². The maximum atomic E-state index is 12.4. The van der Waals surface area contributed by atoms with Gasteiger partial charge in [0.25, 0.3) is 0 Å². The summed E-state index contributed by atoms with van der Waals surface area (Å²) in [4.78, 5) is 84.7. The van der Waals surface area contributed by atoms with E-state index in [9.17, 15) is 33.6 Å². The Labute approximate surface area is 269 Å². The molecule has 0 aromatic carbocycles. The maximum Gasteiger partial charge on any atom is 0.303 e. The lowest BCUT2D eigenvalue weighted by molar-refractivity contribution is -0.336. The third kappa shape index (κ3) is 11.7. The molecule has 18 heteroatoms. The number of rotatable bonds is 13. The van der Waals surface area contributed by atoms with Crippen LogP contribution in [-0.4, -0.2) is 121 Å². The molecular formula is C28H41NO16S. The Bertz CT molecular complexity index is 1130. The highest BCUT2D eigenvalue weighted by molar-refractivity contribution is 7.99. The van der Waals surface area contributed by atoms with Gasteiger partial charge in [0.15, 0.2) is 30.7 Å². The number of hydrogen-bond donors (Lipinski definition) is 1. The van der Waals surface area contributed by atoms with Crippen molar-refractivity contribution in [3.63, 3.8) is 0 Å². The average Bonchev–Trinajstić information content (AvgIpc) is 2.91. The molecule has 0 saturated carbocycles. The Hall–Kier alpha value is -3.48. The van der Waals surface area contributed by atoms with Gasteiger partial charge in [0, 0.05) is 48.5 Å². The quantitative estimate of drug-likeness (QED) is 0.199. The molecule has 0 spiro atoms. The summed E-state index contributed by atoms with van der Waals surface area (Å²) >= 11 is 1.27. The van der Waals surface area contributed by atoms with Crippen molar-refractivity contribution >= 4 is 53.5 Å². The van der Waals surface area contributed by atoms with Crippen LogP contribution < -0.4 is 5.32 Å². The molecule has 2 aliphatic rings. The zero-order valence-corrected chi connectivity index (χ0v) is 27.7. The zero-order chi connectivity index (χ0) is 34.7. The van der Waals surface area contributed by atoms with Crippen LogP contribution in [0.1, 0.15) is 55.4 Å². The smallest absolute Gasteiger partial charge is 0.303 e. The standard InChI is InChI=1S/C28H41NO16S/c1-9-46-28-21(29-12(2)30)24(40-16(6)34)22(20(44-28)11-38-14(4)32)45-27-26(42-18(8)36)25(41-17(7)35)23(39-15(5)33)19(43-27)10-37-13(3)31/h19-28H,9-11H2,1-8H3,(H,29,30)/t19-,20-,21-,22-,23+,24-,25+,26-,27+,28+/m1/s1. The first-order valence-electron chi connectivity index (χ1n) is 14.3. The van der Waals surface area contributed by atoms with Gasteiger partial charge in [-0.15, -0.1) is 11.8 Å². The molecule has 0 unspecified atom stereocenters. The highest BCUT2D eigenvalue weighted by atomic mass is 32.2. The first-order valence-corrected chi connectivity index (χ1v) is 15.4. The molecule has 1 amide bonds. The van der Waals surface area contributed by atoms with Gasteiger partial charge in [-0.3, -0.25) is 33.6 Å². The zero-order valence-electron chi connectivity index (χ0n) is 26.8.